The van der Waals surface area contributed by atoms with Gasteiger partial charge in [-0.25, -0.2) is 0 Å². The molecule has 0 radical (unpaired) electrons. The van der Waals surface area contributed by atoms with E-state index in [0.717, 1.165) is 22.3 Å². The molecule has 0 bridgehead atoms. The molecule has 2 aromatic rings. The number of hydrogen-bond acceptors (Lipinski definition) is 1. The second-order valence-corrected chi connectivity index (χ2v) is 4.65. The van der Waals surface area contributed by atoms with Crippen molar-refractivity contribution in [1.82, 2.24) is 0 Å². The Morgan fingerprint density at radius 2 is 1.45 bits per heavy atom. The van der Waals surface area contributed by atoms with Crippen molar-refractivity contribution in [1.29, 1.82) is 0 Å². The zero-order chi connectivity index (χ0) is 14.4. The first-order valence-electron chi connectivity index (χ1n) is 6.62. The van der Waals surface area contributed by atoms with E-state index in [1.165, 1.54) is 0 Å². The second kappa shape index (κ2) is 6.60. The van der Waals surface area contributed by atoms with Crippen molar-refractivity contribution in [2.45, 2.75) is 13.8 Å². The van der Waals surface area contributed by atoms with E-state index in [9.17, 15) is 5.11 Å². The van der Waals surface area contributed by atoms with E-state index < -0.39 is 0 Å². The van der Waals surface area contributed by atoms with Crippen LogP contribution in [0.4, 0.5) is 0 Å². The van der Waals surface area contributed by atoms with E-state index in [4.69, 9.17) is 0 Å². The Bertz CT molecular complexity index is 653. The van der Waals surface area contributed by atoms with Gasteiger partial charge in [-0.3, -0.25) is 0 Å². The lowest BCUT2D eigenvalue weighted by Crippen LogP contribution is -1.90. The molecule has 0 aliphatic rings. The van der Waals surface area contributed by atoms with Crippen LogP contribution in [0.3, 0.4) is 0 Å². The van der Waals surface area contributed by atoms with Gasteiger partial charge in [0.25, 0.3) is 0 Å². The average Bonchev–Trinajstić information content (AvgIpc) is 2.47. The normalized spacial score (nSPS) is 11.3. The third-order valence-corrected chi connectivity index (χ3v) is 3.05. The van der Waals surface area contributed by atoms with Gasteiger partial charge in [-0.2, -0.15) is 0 Å². The van der Waals surface area contributed by atoms with Crippen LogP contribution in [-0.2, 0) is 0 Å². The van der Waals surface area contributed by atoms with Gasteiger partial charge in [-0.15, -0.1) is 5.73 Å². The van der Waals surface area contributed by atoms with Gasteiger partial charge >= 0.3 is 0 Å². The summed E-state index contributed by atoms with van der Waals surface area (Å²) in [5, 5.41) is 9.94. The first kappa shape index (κ1) is 13.9. The Kier molecular flexibility index (Phi) is 4.60. The number of allylic oxidation sites excluding steroid dienone is 3. The maximum absolute atomic E-state index is 9.94. The van der Waals surface area contributed by atoms with Crippen molar-refractivity contribution >= 4 is 11.6 Å². The maximum Gasteiger partial charge on any atom is 0.0978 e. The first-order chi connectivity index (χ1) is 9.68. The third-order valence-electron chi connectivity index (χ3n) is 3.05. The van der Waals surface area contributed by atoms with E-state index in [2.05, 4.69) is 5.73 Å². The molecular weight excluding hydrogens is 244 g/mol. The third kappa shape index (κ3) is 3.50. The van der Waals surface area contributed by atoms with Gasteiger partial charge in [0.15, 0.2) is 0 Å². The van der Waals surface area contributed by atoms with Crippen LogP contribution in [0.5, 0.6) is 0 Å². The standard InChI is InChI=1S/C19H18O/c1-15(13-14-17-9-5-3-6-10-17)19(16(2)20)18-11-7-4-8-12-18/h3-12,14,20H,1-2H3/b19-16-. The van der Waals surface area contributed by atoms with Gasteiger partial charge in [-0.1, -0.05) is 60.7 Å². The summed E-state index contributed by atoms with van der Waals surface area (Å²) >= 11 is 0. The topological polar surface area (TPSA) is 20.2 Å². The minimum Gasteiger partial charge on any atom is -0.512 e. The molecule has 2 aromatic carbocycles. The lowest BCUT2D eigenvalue weighted by Gasteiger charge is -2.07. The Labute approximate surface area is 120 Å². The molecule has 0 fully saturated rings. The molecule has 100 valence electrons. The van der Waals surface area contributed by atoms with Crippen molar-refractivity contribution in [3.8, 4) is 0 Å². The highest BCUT2D eigenvalue weighted by Gasteiger charge is 2.06. The van der Waals surface area contributed by atoms with Crippen LogP contribution in [0.15, 0.2) is 77.7 Å². The molecule has 0 aromatic heterocycles. The lowest BCUT2D eigenvalue weighted by atomic mass is 9.98. The molecule has 0 saturated heterocycles. The molecule has 2 rings (SSSR count). The summed E-state index contributed by atoms with van der Waals surface area (Å²) in [6.45, 7) is 3.66. The summed E-state index contributed by atoms with van der Waals surface area (Å²) in [5.41, 5.74) is 7.09. The van der Waals surface area contributed by atoms with Crippen molar-refractivity contribution in [2.75, 3.05) is 0 Å². The SMILES string of the molecule is CC(=C=Cc1ccccc1)/C(=C(\C)O)c1ccccc1. The fourth-order valence-corrected chi connectivity index (χ4v) is 2.11. The maximum atomic E-state index is 9.94. The molecule has 0 atom stereocenters. The summed E-state index contributed by atoms with van der Waals surface area (Å²) in [4.78, 5) is 0. The molecule has 0 aliphatic heterocycles. The van der Waals surface area contributed by atoms with Gasteiger partial charge in [0, 0.05) is 11.1 Å². The Morgan fingerprint density at radius 3 is 2.00 bits per heavy atom. The predicted molar refractivity (Wildman–Crippen MR) is 85.3 cm³/mol. The fourth-order valence-electron chi connectivity index (χ4n) is 2.11. The van der Waals surface area contributed by atoms with Crippen molar-refractivity contribution < 1.29 is 5.11 Å². The number of aliphatic hydroxyl groups is 1. The van der Waals surface area contributed by atoms with Crippen molar-refractivity contribution in [2.24, 2.45) is 0 Å². The molecule has 1 N–H and O–H groups in total. The van der Waals surface area contributed by atoms with E-state index in [0.29, 0.717) is 5.76 Å². The molecule has 0 spiro atoms. The quantitative estimate of drug-likeness (QED) is 0.456. The summed E-state index contributed by atoms with van der Waals surface area (Å²) in [7, 11) is 0. The van der Waals surface area contributed by atoms with Crippen molar-refractivity contribution in [3.05, 3.63) is 88.9 Å². The van der Waals surface area contributed by atoms with Crippen LogP contribution in [0, 0.1) is 0 Å². The minimum atomic E-state index is 0.308. The fraction of sp³-hybridized carbons (Fsp3) is 0.105. The molecule has 0 unspecified atom stereocenters. The highest BCUT2D eigenvalue weighted by atomic mass is 16.3. The highest BCUT2D eigenvalue weighted by Crippen LogP contribution is 2.24. The van der Waals surface area contributed by atoms with Gasteiger partial charge in [0.1, 0.15) is 0 Å². The first-order valence-corrected chi connectivity index (χ1v) is 6.62. The van der Waals surface area contributed by atoms with Crippen LogP contribution in [0.25, 0.3) is 11.6 Å². The van der Waals surface area contributed by atoms with Crippen molar-refractivity contribution in [3.63, 3.8) is 0 Å². The van der Waals surface area contributed by atoms with Crippen LogP contribution in [0.1, 0.15) is 25.0 Å². The number of rotatable bonds is 3. The van der Waals surface area contributed by atoms with Crippen LogP contribution < -0.4 is 0 Å². The molecule has 20 heavy (non-hydrogen) atoms. The largest absolute Gasteiger partial charge is 0.512 e. The van der Waals surface area contributed by atoms with Crippen LogP contribution >= 0.6 is 0 Å². The van der Waals surface area contributed by atoms with E-state index in [1.54, 1.807) is 6.92 Å². The zero-order valence-corrected chi connectivity index (χ0v) is 11.8. The molecular formula is C19H18O. The van der Waals surface area contributed by atoms with Crippen LogP contribution in [-0.4, -0.2) is 5.11 Å². The van der Waals surface area contributed by atoms with E-state index >= 15 is 0 Å². The Morgan fingerprint density at radius 1 is 0.900 bits per heavy atom. The lowest BCUT2D eigenvalue weighted by molar-refractivity contribution is 0.417. The summed E-state index contributed by atoms with van der Waals surface area (Å²) in [6, 6.07) is 19.9. The molecule has 0 saturated carbocycles. The Hall–Kier alpha value is -2.50. The summed E-state index contributed by atoms with van der Waals surface area (Å²) in [5.74, 6) is 0.308. The minimum absolute atomic E-state index is 0.308. The number of hydrogen-bond donors (Lipinski definition) is 1. The monoisotopic (exact) mass is 262 g/mol. The molecule has 1 nitrogen and oxygen atoms in total. The molecule has 0 aliphatic carbocycles. The van der Waals surface area contributed by atoms with E-state index in [1.807, 2.05) is 73.7 Å². The van der Waals surface area contributed by atoms with Gasteiger partial charge in [-0.05, 0) is 31.1 Å². The van der Waals surface area contributed by atoms with Gasteiger partial charge in [0.05, 0.1) is 5.76 Å². The van der Waals surface area contributed by atoms with Gasteiger partial charge in [0.2, 0.25) is 0 Å². The number of benzene rings is 2. The van der Waals surface area contributed by atoms with E-state index in [-0.39, 0.29) is 0 Å². The Balaban J connectivity index is 2.42. The predicted octanol–water partition coefficient (Wildman–Crippen LogP) is 5.23. The molecule has 0 amide bonds. The molecule has 0 heterocycles. The summed E-state index contributed by atoms with van der Waals surface area (Å²) < 4.78 is 0. The van der Waals surface area contributed by atoms with Gasteiger partial charge < -0.3 is 5.11 Å². The van der Waals surface area contributed by atoms with Crippen LogP contribution in [0.2, 0.25) is 0 Å². The smallest absolute Gasteiger partial charge is 0.0978 e. The highest BCUT2D eigenvalue weighted by molar-refractivity contribution is 5.80. The average molecular weight is 262 g/mol. The molecule has 1 heteroatoms. The second-order valence-electron chi connectivity index (χ2n) is 4.65. The zero-order valence-electron chi connectivity index (χ0n) is 11.8. The summed E-state index contributed by atoms with van der Waals surface area (Å²) in [6.07, 6.45) is 1.93. The number of aliphatic hydroxyl groups excluding tert-OH is 1.